The summed E-state index contributed by atoms with van der Waals surface area (Å²) in [6.45, 7) is 0. The molecular formula is C58H36N4. The van der Waals surface area contributed by atoms with Gasteiger partial charge < -0.3 is 0 Å². The lowest BCUT2D eigenvalue weighted by Gasteiger charge is -2.19. The SMILES string of the molecule is c1ccc2c(-c3c4ccccc4c(-c4cc(-c5ccc(-c6nccc7ccccc67)cc5)nc(-c5ccc(-c6nccc7ccccc67)cc5)n4)c4ccccc34)cccc2c1. The Labute approximate surface area is 358 Å². The minimum Gasteiger partial charge on any atom is -0.256 e. The second-order valence-corrected chi connectivity index (χ2v) is 15.7. The molecule has 0 aliphatic carbocycles. The number of aromatic nitrogens is 4. The standard InChI is InChI=1S/C58H36N4/c1-4-16-44-37(12-1)15-11-23-47(44)54-48-19-7-9-21-50(48)55(51-22-10-8-20-49(51)54)53-36-52(40-24-26-41(27-25-40)56-45-17-5-2-13-38(45)32-34-59-56)61-58(62-53)43-30-28-42(29-31-43)57-46-18-6-3-14-39(46)33-35-60-57/h1-36H. The highest BCUT2D eigenvalue weighted by molar-refractivity contribution is 6.23. The monoisotopic (exact) mass is 788 g/mol. The van der Waals surface area contributed by atoms with E-state index in [4.69, 9.17) is 19.9 Å². The van der Waals surface area contributed by atoms with Crippen molar-refractivity contribution in [2.45, 2.75) is 0 Å². The third kappa shape index (κ3) is 6.00. The Bertz CT molecular complexity index is 3470. The van der Waals surface area contributed by atoms with Crippen LogP contribution in [0.3, 0.4) is 0 Å². The van der Waals surface area contributed by atoms with Crippen molar-refractivity contribution >= 4 is 53.9 Å². The second kappa shape index (κ2) is 14.7. The summed E-state index contributed by atoms with van der Waals surface area (Å²) in [5.74, 6) is 0.654. The Hall–Kier alpha value is -8.34. The Balaban J connectivity index is 1.07. The average Bonchev–Trinajstić information content (AvgIpc) is 3.35. The fraction of sp³-hybridized carbons (Fsp3) is 0. The predicted octanol–water partition coefficient (Wildman–Crippen LogP) is 15.0. The number of rotatable bonds is 6. The molecule has 12 rings (SSSR count). The topological polar surface area (TPSA) is 51.6 Å². The van der Waals surface area contributed by atoms with Crippen LogP contribution in [-0.4, -0.2) is 19.9 Å². The van der Waals surface area contributed by atoms with Gasteiger partial charge in [0.05, 0.1) is 22.8 Å². The smallest absolute Gasteiger partial charge is 0.160 e. The molecule has 12 aromatic rings. The molecule has 0 saturated carbocycles. The molecule has 0 aliphatic heterocycles. The lowest BCUT2D eigenvalue weighted by Crippen LogP contribution is -1.98. The van der Waals surface area contributed by atoms with Gasteiger partial charge in [-0.25, -0.2) is 9.97 Å². The normalized spacial score (nSPS) is 11.5. The fourth-order valence-electron chi connectivity index (χ4n) is 9.27. The van der Waals surface area contributed by atoms with E-state index >= 15 is 0 Å². The molecule has 0 spiro atoms. The molecule has 4 heteroatoms. The van der Waals surface area contributed by atoms with Crippen LogP contribution in [0.4, 0.5) is 0 Å². The summed E-state index contributed by atoms with van der Waals surface area (Å²) in [4.78, 5) is 20.4. The highest BCUT2D eigenvalue weighted by atomic mass is 14.9. The van der Waals surface area contributed by atoms with E-state index < -0.39 is 0 Å². The van der Waals surface area contributed by atoms with Crippen LogP contribution < -0.4 is 0 Å². The molecule has 0 amide bonds. The summed E-state index contributed by atoms with van der Waals surface area (Å²) < 4.78 is 0. The first-order valence-electron chi connectivity index (χ1n) is 21.0. The van der Waals surface area contributed by atoms with Gasteiger partial charge in [-0.1, -0.05) is 188 Å². The summed E-state index contributed by atoms with van der Waals surface area (Å²) in [5.41, 5.74) is 11.2. The minimum atomic E-state index is 0.654. The van der Waals surface area contributed by atoms with Crippen molar-refractivity contribution in [3.8, 4) is 67.5 Å². The van der Waals surface area contributed by atoms with Crippen LogP contribution in [0.25, 0.3) is 121 Å². The van der Waals surface area contributed by atoms with Crippen molar-refractivity contribution in [1.29, 1.82) is 0 Å². The number of benzene rings is 9. The predicted molar refractivity (Wildman–Crippen MR) is 258 cm³/mol. The number of hydrogen-bond acceptors (Lipinski definition) is 4. The summed E-state index contributed by atoms with van der Waals surface area (Å²) in [5, 5.41) is 11.7. The summed E-state index contributed by atoms with van der Waals surface area (Å²) in [6.07, 6.45) is 3.77. The molecule has 0 atom stereocenters. The zero-order chi connectivity index (χ0) is 41.0. The summed E-state index contributed by atoms with van der Waals surface area (Å²) in [7, 11) is 0. The van der Waals surface area contributed by atoms with Crippen molar-refractivity contribution in [1.82, 2.24) is 19.9 Å². The molecule has 62 heavy (non-hydrogen) atoms. The van der Waals surface area contributed by atoms with Gasteiger partial charge in [0.25, 0.3) is 0 Å². The van der Waals surface area contributed by atoms with Gasteiger partial charge in [0.1, 0.15) is 0 Å². The molecule has 9 aromatic carbocycles. The fourth-order valence-corrected chi connectivity index (χ4v) is 9.27. The third-order valence-electron chi connectivity index (χ3n) is 12.2. The molecule has 288 valence electrons. The lowest BCUT2D eigenvalue weighted by molar-refractivity contribution is 1.19. The van der Waals surface area contributed by atoms with Crippen molar-refractivity contribution in [3.05, 3.63) is 219 Å². The van der Waals surface area contributed by atoms with Crippen LogP contribution >= 0.6 is 0 Å². The van der Waals surface area contributed by atoms with Crippen LogP contribution in [0.5, 0.6) is 0 Å². The van der Waals surface area contributed by atoms with Crippen LogP contribution in [0.15, 0.2) is 219 Å². The lowest BCUT2D eigenvalue weighted by atomic mass is 9.85. The first-order chi connectivity index (χ1) is 30.7. The van der Waals surface area contributed by atoms with Gasteiger partial charge in [-0.15, -0.1) is 0 Å². The van der Waals surface area contributed by atoms with E-state index in [9.17, 15) is 0 Å². The van der Waals surface area contributed by atoms with E-state index in [0.717, 1.165) is 77.5 Å². The van der Waals surface area contributed by atoms with Crippen molar-refractivity contribution in [2.24, 2.45) is 0 Å². The Morgan fingerprint density at radius 3 is 1.23 bits per heavy atom. The van der Waals surface area contributed by atoms with Crippen molar-refractivity contribution in [2.75, 3.05) is 0 Å². The highest BCUT2D eigenvalue weighted by Gasteiger charge is 2.21. The van der Waals surface area contributed by atoms with Gasteiger partial charge in [0.2, 0.25) is 0 Å². The Morgan fingerprint density at radius 2 is 0.677 bits per heavy atom. The van der Waals surface area contributed by atoms with Crippen molar-refractivity contribution < 1.29 is 0 Å². The summed E-state index contributed by atoms with van der Waals surface area (Å²) in [6, 6.07) is 73.0. The van der Waals surface area contributed by atoms with Gasteiger partial charge in [-0.2, -0.15) is 0 Å². The van der Waals surface area contributed by atoms with Crippen LogP contribution in [0.1, 0.15) is 0 Å². The average molecular weight is 789 g/mol. The first kappa shape index (κ1) is 35.6. The molecule has 0 aliphatic rings. The number of fused-ring (bicyclic) bond motifs is 5. The molecule has 0 unspecified atom stereocenters. The van der Waals surface area contributed by atoms with Gasteiger partial charge in [-0.05, 0) is 72.4 Å². The Morgan fingerprint density at radius 1 is 0.274 bits per heavy atom. The van der Waals surface area contributed by atoms with E-state index in [1.54, 1.807) is 0 Å². The maximum Gasteiger partial charge on any atom is 0.160 e. The zero-order valence-corrected chi connectivity index (χ0v) is 33.6. The molecule has 4 nitrogen and oxygen atoms in total. The van der Waals surface area contributed by atoms with E-state index in [0.29, 0.717) is 5.82 Å². The molecule has 0 bridgehead atoms. The maximum atomic E-state index is 5.47. The number of hydrogen-bond donors (Lipinski definition) is 0. The number of pyridine rings is 2. The van der Waals surface area contributed by atoms with Crippen LogP contribution in [-0.2, 0) is 0 Å². The number of nitrogens with zero attached hydrogens (tertiary/aromatic N) is 4. The maximum absolute atomic E-state index is 5.47. The second-order valence-electron chi connectivity index (χ2n) is 15.7. The van der Waals surface area contributed by atoms with E-state index in [2.05, 4.69) is 206 Å². The molecular weight excluding hydrogens is 753 g/mol. The molecule has 0 saturated heterocycles. The van der Waals surface area contributed by atoms with E-state index in [1.165, 1.54) is 38.1 Å². The van der Waals surface area contributed by atoms with Crippen LogP contribution in [0.2, 0.25) is 0 Å². The zero-order valence-electron chi connectivity index (χ0n) is 33.6. The Kier molecular flexibility index (Phi) is 8.46. The summed E-state index contributed by atoms with van der Waals surface area (Å²) >= 11 is 0. The molecule has 3 heterocycles. The molecule has 3 aromatic heterocycles. The van der Waals surface area contributed by atoms with E-state index in [1.807, 2.05) is 12.4 Å². The van der Waals surface area contributed by atoms with Crippen LogP contribution in [0, 0.1) is 0 Å². The largest absolute Gasteiger partial charge is 0.256 e. The third-order valence-corrected chi connectivity index (χ3v) is 12.2. The van der Waals surface area contributed by atoms with Gasteiger partial charge in [0, 0.05) is 51.0 Å². The highest BCUT2D eigenvalue weighted by Crippen LogP contribution is 2.45. The molecule has 0 N–H and O–H groups in total. The minimum absolute atomic E-state index is 0.654. The first-order valence-corrected chi connectivity index (χ1v) is 21.0. The quantitative estimate of drug-likeness (QED) is 0.158. The van der Waals surface area contributed by atoms with Gasteiger partial charge in [-0.3, -0.25) is 9.97 Å². The van der Waals surface area contributed by atoms with Gasteiger partial charge in [0.15, 0.2) is 5.82 Å². The molecule has 0 fully saturated rings. The van der Waals surface area contributed by atoms with Crippen molar-refractivity contribution in [3.63, 3.8) is 0 Å². The van der Waals surface area contributed by atoms with Gasteiger partial charge >= 0.3 is 0 Å². The van der Waals surface area contributed by atoms with E-state index in [-0.39, 0.29) is 0 Å². The molecule has 0 radical (unpaired) electrons.